The third-order valence-corrected chi connectivity index (χ3v) is 7.76. The van der Waals surface area contributed by atoms with E-state index in [1.807, 2.05) is 59.5 Å². The summed E-state index contributed by atoms with van der Waals surface area (Å²) < 4.78 is 11.2. The number of carbonyl (C=O) groups excluding carboxylic acids is 2. The summed E-state index contributed by atoms with van der Waals surface area (Å²) in [5.41, 5.74) is 3.82. The first-order valence-corrected chi connectivity index (χ1v) is 13.5. The van der Waals surface area contributed by atoms with Crippen molar-refractivity contribution in [2.75, 3.05) is 39.8 Å². The van der Waals surface area contributed by atoms with Gasteiger partial charge in [0, 0.05) is 43.7 Å². The van der Waals surface area contributed by atoms with Crippen molar-refractivity contribution in [1.29, 1.82) is 0 Å². The Balaban J connectivity index is 1.17. The Kier molecular flexibility index (Phi) is 8.42. The number of ether oxygens (including phenoxy) is 2. The van der Waals surface area contributed by atoms with Crippen LogP contribution in [-0.2, 0) is 20.9 Å². The number of hydrogen-bond acceptors (Lipinski definition) is 5. The molecule has 1 aliphatic heterocycles. The Hall–Kier alpha value is -3.19. The van der Waals surface area contributed by atoms with Crippen molar-refractivity contribution >= 4 is 23.5 Å². The normalized spacial score (nSPS) is 20.1. The lowest BCUT2D eigenvalue weighted by molar-refractivity contribution is -0.134. The molecule has 3 aromatic carbocycles. The SMILES string of the molecule is COC(=O)c1ccc(CO[C@H](CN2CCN(C(=O)[C@H]3C[C@H]3c3ccccc3)CC2)c2ccc(Cl)cc2)cc1. The highest BCUT2D eigenvalue weighted by molar-refractivity contribution is 6.30. The van der Waals surface area contributed by atoms with E-state index in [0.717, 1.165) is 50.3 Å². The number of hydrogen-bond donors (Lipinski definition) is 0. The summed E-state index contributed by atoms with van der Waals surface area (Å²) in [6.07, 6.45) is 0.802. The molecule has 38 heavy (non-hydrogen) atoms. The average Bonchev–Trinajstić information content (AvgIpc) is 3.77. The Bertz CT molecular complexity index is 1220. The molecule has 3 aromatic rings. The molecule has 2 fully saturated rings. The van der Waals surface area contributed by atoms with Crippen LogP contribution in [-0.4, -0.2) is 61.5 Å². The van der Waals surface area contributed by atoms with Crippen molar-refractivity contribution in [2.24, 2.45) is 5.92 Å². The number of benzene rings is 3. The molecule has 1 aliphatic carbocycles. The van der Waals surface area contributed by atoms with Gasteiger partial charge in [-0.05, 0) is 53.3 Å². The number of halogens is 1. The zero-order valence-corrected chi connectivity index (χ0v) is 22.3. The van der Waals surface area contributed by atoms with Crippen LogP contribution in [0.25, 0.3) is 0 Å². The maximum Gasteiger partial charge on any atom is 0.337 e. The minimum Gasteiger partial charge on any atom is -0.465 e. The van der Waals surface area contributed by atoms with Gasteiger partial charge in [0.1, 0.15) is 0 Å². The summed E-state index contributed by atoms with van der Waals surface area (Å²) in [5, 5.41) is 0.687. The Morgan fingerprint density at radius 1 is 0.921 bits per heavy atom. The smallest absolute Gasteiger partial charge is 0.337 e. The van der Waals surface area contributed by atoms with Gasteiger partial charge in [-0.1, -0.05) is 66.2 Å². The van der Waals surface area contributed by atoms with Gasteiger partial charge in [-0.15, -0.1) is 0 Å². The quantitative estimate of drug-likeness (QED) is 0.348. The molecule has 1 saturated carbocycles. The van der Waals surface area contributed by atoms with Gasteiger partial charge < -0.3 is 14.4 Å². The number of rotatable bonds is 9. The zero-order chi connectivity index (χ0) is 26.5. The molecule has 0 aromatic heterocycles. The van der Waals surface area contributed by atoms with Crippen LogP contribution < -0.4 is 0 Å². The highest BCUT2D eigenvalue weighted by Gasteiger charge is 2.46. The first kappa shape index (κ1) is 26.4. The first-order valence-electron chi connectivity index (χ1n) is 13.1. The topological polar surface area (TPSA) is 59.1 Å². The lowest BCUT2D eigenvalue weighted by Crippen LogP contribution is -2.50. The number of nitrogens with zero attached hydrogens (tertiary/aromatic N) is 2. The van der Waals surface area contributed by atoms with Crippen LogP contribution in [0.15, 0.2) is 78.9 Å². The van der Waals surface area contributed by atoms with Crippen LogP contribution in [0, 0.1) is 5.92 Å². The summed E-state index contributed by atoms with van der Waals surface area (Å²) in [6.45, 7) is 4.24. The van der Waals surface area contributed by atoms with Crippen molar-refractivity contribution in [3.8, 4) is 0 Å². The van der Waals surface area contributed by atoms with E-state index in [-0.39, 0.29) is 18.0 Å². The molecule has 0 radical (unpaired) electrons. The molecule has 5 rings (SSSR count). The molecule has 1 saturated heterocycles. The lowest BCUT2D eigenvalue weighted by Gasteiger charge is -2.36. The number of amides is 1. The van der Waals surface area contributed by atoms with Gasteiger partial charge in [-0.25, -0.2) is 4.79 Å². The van der Waals surface area contributed by atoms with Crippen molar-refractivity contribution in [1.82, 2.24) is 9.80 Å². The second-order valence-corrected chi connectivity index (χ2v) is 10.5. The van der Waals surface area contributed by atoms with Crippen LogP contribution >= 0.6 is 11.6 Å². The van der Waals surface area contributed by atoms with E-state index < -0.39 is 0 Å². The summed E-state index contributed by atoms with van der Waals surface area (Å²) >= 11 is 6.13. The molecule has 3 atom stereocenters. The minimum atomic E-state index is -0.355. The molecule has 0 spiro atoms. The fourth-order valence-corrected chi connectivity index (χ4v) is 5.27. The second-order valence-electron chi connectivity index (χ2n) is 10.0. The van der Waals surface area contributed by atoms with E-state index in [2.05, 4.69) is 17.0 Å². The standard InChI is InChI=1S/C31H33ClN2O4/c1-37-31(36)25-9-7-22(8-10-25)21-38-29(24-11-13-26(32)14-12-24)20-33-15-17-34(18-16-33)30(35)28-19-27(28)23-5-3-2-4-6-23/h2-14,27-29H,15-21H2,1H3/t27-,28-,29+/m0/s1. The molecule has 0 unspecified atom stereocenters. The minimum absolute atomic E-state index is 0.125. The summed E-state index contributed by atoms with van der Waals surface area (Å²) in [6, 6.07) is 25.4. The summed E-state index contributed by atoms with van der Waals surface area (Å²) in [4.78, 5) is 29.2. The van der Waals surface area contributed by atoms with Crippen LogP contribution in [0.4, 0.5) is 0 Å². The van der Waals surface area contributed by atoms with Crippen LogP contribution in [0.2, 0.25) is 5.02 Å². The van der Waals surface area contributed by atoms with E-state index in [1.165, 1.54) is 12.7 Å². The number of piperazine rings is 1. The predicted octanol–water partition coefficient (Wildman–Crippen LogP) is 5.33. The van der Waals surface area contributed by atoms with E-state index >= 15 is 0 Å². The number of methoxy groups -OCH3 is 1. The van der Waals surface area contributed by atoms with E-state index in [9.17, 15) is 9.59 Å². The monoisotopic (exact) mass is 532 g/mol. The predicted molar refractivity (Wildman–Crippen MR) is 147 cm³/mol. The molecular weight excluding hydrogens is 500 g/mol. The summed E-state index contributed by atoms with van der Waals surface area (Å²) in [5.74, 6) is 0.427. The van der Waals surface area contributed by atoms with Crippen molar-refractivity contribution in [2.45, 2.75) is 25.0 Å². The highest BCUT2D eigenvalue weighted by Crippen LogP contribution is 2.48. The third kappa shape index (κ3) is 6.44. The van der Waals surface area contributed by atoms with E-state index in [1.54, 1.807) is 12.1 Å². The fourth-order valence-electron chi connectivity index (χ4n) is 5.14. The maximum atomic E-state index is 13.1. The molecule has 0 N–H and O–H groups in total. The zero-order valence-electron chi connectivity index (χ0n) is 21.6. The fraction of sp³-hybridized carbons (Fsp3) is 0.355. The molecule has 0 bridgehead atoms. The molecule has 6 nitrogen and oxygen atoms in total. The van der Waals surface area contributed by atoms with E-state index in [4.69, 9.17) is 21.1 Å². The van der Waals surface area contributed by atoms with Gasteiger partial charge in [-0.3, -0.25) is 9.69 Å². The third-order valence-electron chi connectivity index (χ3n) is 7.51. The van der Waals surface area contributed by atoms with Crippen LogP contribution in [0.3, 0.4) is 0 Å². The van der Waals surface area contributed by atoms with Gasteiger partial charge in [0.15, 0.2) is 0 Å². The van der Waals surface area contributed by atoms with Crippen molar-refractivity contribution in [3.63, 3.8) is 0 Å². The molecule has 1 heterocycles. The molecular formula is C31H33ClN2O4. The average molecular weight is 533 g/mol. The van der Waals surface area contributed by atoms with Crippen molar-refractivity contribution < 1.29 is 19.1 Å². The molecule has 2 aliphatic rings. The first-order chi connectivity index (χ1) is 18.5. The maximum absolute atomic E-state index is 13.1. The van der Waals surface area contributed by atoms with Crippen LogP contribution in [0.1, 0.15) is 45.5 Å². The Labute approximate surface area is 229 Å². The number of carbonyl (C=O) groups is 2. The van der Waals surface area contributed by atoms with E-state index in [0.29, 0.717) is 29.0 Å². The molecule has 1 amide bonds. The second kappa shape index (κ2) is 12.1. The Morgan fingerprint density at radius 2 is 1.61 bits per heavy atom. The van der Waals surface area contributed by atoms with Gasteiger partial charge in [0.05, 0.1) is 25.4 Å². The Morgan fingerprint density at radius 3 is 2.26 bits per heavy atom. The lowest BCUT2D eigenvalue weighted by atomic mass is 10.1. The summed E-state index contributed by atoms with van der Waals surface area (Å²) in [7, 11) is 1.37. The number of esters is 1. The molecule has 7 heteroatoms. The van der Waals surface area contributed by atoms with Gasteiger partial charge >= 0.3 is 5.97 Å². The molecule has 198 valence electrons. The van der Waals surface area contributed by atoms with Gasteiger partial charge in [-0.2, -0.15) is 0 Å². The van der Waals surface area contributed by atoms with Crippen LogP contribution in [0.5, 0.6) is 0 Å². The largest absolute Gasteiger partial charge is 0.465 e. The van der Waals surface area contributed by atoms with Crippen molar-refractivity contribution in [3.05, 3.63) is 106 Å². The van der Waals surface area contributed by atoms with Gasteiger partial charge in [0.25, 0.3) is 0 Å². The van der Waals surface area contributed by atoms with Gasteiger partial charge in [0.2, 0.25) is 5.91 Å². The highest BCUT2D eigenvalue weighted by atomic mass is 35.5.